The Hall–Kier alpha value is -2.81. The van der Waals surface area contributed by atoms with Gasteiger partial charge in [0.2, 0.25) is 11.8 Å². The van der Waals surface area contributed by atoms with Crippen LogP contribution in [0.15, 0.2) is 59.6 Å². The van der Waals surface area contributed by atoms with Gasteiger partial charge < -0.3 is 5.32 Å². The summed E-state index contributed by atoms with van der Waals surface area (Å²) in [6, 6.07) is 13.7. The lowest BCUT2D eigenvalue weighted by molar-refractivity contribution is -0.137. The maximum Gasteiger partial charge on any atom is 0.416 e. The molecule has 1 fully saturated rings. The summed E-state index contributed by atoms with van der Waals surface area (Å²) < 4.78 is 38.4. The van der Waals surface area contributed by atoms with E-state index in [1.165, 1.54) is 17.0 Å². The second-order valence-corrected chi connectivity index (χ2v) is 7.78. The van der Waals surface area contributed by atoms with Crippen LogP contribution in [-0.4, -0.2) is 33.7 Å². The molecule has 1 saturated heterocycles. The lowest BCUT2D eigenvalue weighted by atomic mass is 10.2. The quantitative estimate of drug-likeness (QED) is 0.733. The fourth-order valence-corrected chi connectivity index (χ4v) is 4.07. The lowest BCUT2D eigenvalue weighted by Gasteiger charge is -2.16. The molecule has 9 heteroatoms. The molecular weight excluding hydrogens is 415 g/mol. The van der Waals surface area contributed by atoms with Gasteiger partial charge in [0.15, 0.2) is 5.17 Å². The third kappa shape index (κ3) is 5.41. The first-order valence-corrected chi connectivity index (χ1v) is 10.2. The van der Waals surface area contributed by atoms with Gasteiger partial charge in [0, 0.05) is 13.0 Å². The van der Waals surface area contributed by atoms with E-state index in [1.54, 1.807) is 6.92 Å². The number of carbonyl (C=O) groups excluding carboxylic acids is 2. The maximum absolute atomic E-state index is 12.9. The molecule has 0 radical (unpaired) electrons. The van der Waals surface area contributed by atoms with Gasteiger partial charge in [-0.2, -0.15) is 13.2 Å². The van der Waals surface area contributed by atoms with E-state index in [4.69, 9.17) is 0 Å². The largest absolute Gasteiger partial charge is 0.416 e. The molecule has 1 heterocycles. The van der Waals surface area contributed by atoms with Crippen LogP contribution in [0.5, 0.6) is 0 Å². The summed E-state index contributed by atoms with van der Waals surface area (Å²) in [6.45, 7) is 2.52. The molecule has 0 spiro atoms. The van der Waals surface area contributed by atoms with Crippen molar-refractivity contribution in [3.63, 3.8) is 0 Å². The average Bonchev–Trinajstić information content (AvgIpc) is 2.97. The van der Waals surface area contributed by atoms with Gasteiger partial charge in [0.1, 0.15) is 5.25 Å². The number of hydrogen-bond donors (Lipinski definition) is 1. The van der Waals surface area contributed by atoms with Gasteiger partial charge >= 0.3 is 6.18 Å². The number of nitrogens with one attached hydrogen (secondary N) is 1. The highest BCUT2D eigenvalue weighted by molar-refractivity contribution is 8.15. The SMILES string of the molecule is CCNC(=O)C[C@@H]1SC(=Nc2ccc(C(F)(F)F)cc2)N(Cc2ccccc2)C1=O. The molecule has 0 aliphatic carbocycles. The van der Waals surface area contributed by atoms with Gasteiger partial charge in [-0.3, -0.25) is 14.5 Å². The summed E-state index contributed by atoms with van der Waals surface area (Å²) in [5.41, 5.74) is 0.414. The van der Waals surface area contributed by atoms with Crippen molar-refractivity contribution in [3.05, 3.63) is 65.7 Å². The van der Waals surface area contributed by atoms with Crippen LogP contribution >= 0.6 is 11.8 Å². The predicted molar refractivity (Wildman–Crippen MR) is 110 cm³/mol. The zero-order chi connectivity index (χ0) is 21.7. The van der Waals surface area contributed by atoms with Crippen LogP contribution in [0.1, 0.15) is 24.5 Å². The van der Waals surface area contributed by atoms with Gasteiger partial charge in [-0.1, -0.05) is 42.1 Å². The Morgan fingerprint density at radius 3 is 2.40 bits per heavy atom. The fourth-order valence-electron chi connectivity index (χ4n) is 2.91. The Morgan fingerprint density at radius 1 is 1.13 bits per heavy atom. The summed E-state index contributed by atoms with van der Waals surface area (Å²) in [5.74, 6) is -0.487. The number of amidine groups is 1. The first kappa shape index (κ1) is 21.9. The summed E-state index contributed by atoms with van der Waals surface area (Å²) in [6.07, 6.45) is -4.42. The van der Waals surface area contributed by atoms with E-state index in [1.807, 2.05) is 30.3 Å². The maximum atomic E-state index is 12.9. The minimum absolute atomic E-state index is 0.00859. The Bertz CT molecular complexity index is 931. The van der Waals surface area contributed by atoms with Gasteiger partial charge in [-0.15, -0.1) is 0 Å². The number of rotatable bonds is 6. The molecule has 1 atom stereocenters. The van der Waals surface area contributed by atoms with Gasteiger partial charge in [-0.25, -0.2) is 4.99 Å². The second kappa shape index (κ2) is 9.34. The van der Waals surface area contributed by atoms with Crippen molar-refractivity contribution in [3.8, 4) is 0 Å². The monoisotopic (exact) mass is 435 g/mol. The van der Waals surface area contributed by atoms with Crippen LogP contribution in [0.4, 0.5) is 18.9 Å². The molecule has 5 nitrogen and oxygen atoms in total. The van der Waals surface area contributed by atoms with Crippen LogP contribution < -0.4 is 5.32 Å². The lowest BCUT2D eigenvalue weighted by Crippen LogP contribution is -2.34. The molecular formula is C21H20F3N3O2S. The van der Waals surface area contributed by atoms with Crippen LogP contribution in [0, 0.1) is 0 Å². The Morgan fingerprint density at radius 2 is 1.80 bits per heavy atom. The average molecular weight is 435 g/mol. The number of benzene rings is 2. The first-order chi connectivity index (χ1) is 14.3. The highest BCUT2D eigenvalue weighted by Crippen LogP contribution is 2.34. The van der Waals surface area contributed by atoms with E-state index in [9.17, 15) is 22.8 Å². The number of nitrogens with zero attached hydrogens (tertiary/aromatic N) is 2. The zero-order valence-corrected chi connectivity index (χ0v) is 17.0. The molecule has 0 aromatic heterocycles. The third-order valence-electron chi connectivity index (χ3n) is 4.37. The van der Waals surface area contributed by atoms with Gasteiger partial charge in [0.25, 0.3) is 0 Å². The van der Waals surface area contributed by atoms with Crippen molar-refractivity contribution in [1.29, 1.82) is 0 Å². The third-order valence-corrected chi connectivity index (χ3v) is 5.54. The molecule has 30 heavy (non-hydrogen) atoms. The number of halogens is 3. The highest BCUT2D eigenvalue weighted by atomic mass is 32.2. The molecule has 2 aromatic carbocycles. The number of aliphatic imine (C=N–C) groups is 1. The minimum Gasteiger partial charge on any atom is -0.356 e. The Kier molecular flexibility index (Phi) is 6.81. The first-order valence-electron chi connectivity index (χ1n) is 9.32. The zero-order valence-electron chi connectivity index (χ0n) is 16.1. The number of carbonyl (C=O) groups is 2. The van der Waals surface area contributed by atoms with Crippen LogP contribution in [0.3, 0.4) is 0 Å². The van der Waals surface area contributed by atoms with Crippen LogP contribution in [0.25, 0.3) is 0 Å². The highest BCUT2D eigenvalue weighted by Gasteiger charge is 2.39. The summed E-state index contributed by atoms with van der Waals surface area (Å²) >= 11 is 1.15. The molecule has 2 amide bonds. The number of hydrogen-bond acceptors (Lipinski definition) is 4. The number of alkyl halides is 3. The van der Waals surface area contributed by atoms with Crippen molar-refractivity contribution < 1.29 is 22.8 Å². The van der Waals surface area contributed by atoms with Crippen molar-refractivity contribution in [2.24, 2.45) is 4.99 Å². The number of thioether (sulfide) groups is 1. The Balaban J connectivity index is 1.87. The van der Waals surface area contributed by atoms with E-state index in [2.05, 4.69) is 10.3 Å². The van der Waals surface area contributed by atoms with E-state index in [0.717, 1.165) is 29.5 Å². The van der Waals surface area contributed by atoms with Crippen molar-refractivity contribution >= 4 is 34.4 Å². The molecule has 158 valence electrons. The fraction of sp³-hybridized carbons (Fsp3) is 0.286. The van der Waals surface area contributed by atoms with Crippen LogP contribution in [0.2, 0.25) is 0 Å². The Labute approximate surface area is 176 Å². The topological polar surface area (TPSA) is 61.8 Å². The summed E-state index contributed by atoms with van der Waals surface area (Å²) in [7, 11) is 0. The van der Waals surface area contributed by atoms with Crippen molar-refractivity contribution in [2.75, 3.05) is 6.54 Å². The van der Waals surface area contributed by atoms with Gasteiger partial charge in [-0.05, 0) is 36.8 Å². The van der Waals surface area contributed by atoms with E-state index in [0.29, 0.717) is 17.4 Å². The van der Waals surface area contributed by atoms with E-state index in [-0.39, 0.29) is 24.8 Å². The standard InChI is InChI=1S/C21H20F3N3O2S/c1-2-25-18(28)12-17-19(29)27(13-14-6-4-3-5-7-14)20(30-17)26-16-10-8-15(9-11-16)21(22,23)24/h3-11,17H,2,12-13H2,1H3,(H,25,28)/t17-/m0/s1. The van der Waals surface area contributed by atoms with E-state index < -0.39 is 17.0 Å². The molecule has 3 rings (SSSR count). The smallest absolute Gasteiger partial charge is 0.356 e. The number of amides is 2. The van der Waals surface area contributed by atoms with Crippen LogP contribution in [-0.2, 0) is 22.3 Å². The summed E-state index contributed by atoms with van der Waals surface area (Å²) in [5, 5.41) is 2.40. The molecule has 2 aromatic rings. The molecule has 0 bridgehead atoms. The molecule has 1 aliphatic rings. The van der Waals surface area contributed by atoms with Gasteiger partial charge in [0.05, 0.1) is 17.8 Å². The van der Waals surface area contributed by atoms with Crippen molar-refractivity contribution in [2.45, 2.75) is 31.3 Å². The van der Waals surface area contributed by atoms with E-state index >= 15 is 0 Å². The summed E-state index contributed by atoms with van der Waals surface area (Å²) in [4.78, 5) is 30.8. The molecule has 0 saturated carbocycles. The minimum atomic E-state index is -4.43. The second-order valence-electron chi connectivity index (χ2n) is 6.61. The molecule has 1 N–H and O–H groups in total. The van der Waals surface area contributed by atoms with Crippen molar-refractivity contribution in [1.82, 2.24) is 10.2 Å². The molecule has 0 unspecified atom stereocenters. The molecule has 1 aliphatic heterocycles. The normalized spacial score (nSPS) is 18.1. The predicted octanol–water partition coefficient (Wildman–Crippen LogP) is 4.36.